The van der Waals surface area contributed by atoms with Gasteiger partial charge in [-0.2, -0.15) is 0 Å². The molecule has 2 amide bonds. The Labute approximate surface area is 239 Å². The fourth-order valence-corrected chi connectivity index (χ4v) is 5.22. The molecule has 41 heavy (non-hydrogen) atoms. The second-order valence-corrected chi connectivity index (χ2v) is 10.3. The average molecular weight is 553 g/mol. The van der Waals surface area contributed by atoms with Crippen LogP contribution in [0.1, 0.15) is 34.5 Å². The third-order valence-corrected chi connectivity index (χ3v) is 7.39. The number of carbonyl (C=O) groups excluding carboxylic acids is 2. The molecule has 1 fully saturated rings. The molecule has 0 N–H and O–H groups in total. The average Bonchev–Trinajstić information content (AvgIpc) is 3.80. The monoisotopic (exact) mass is 552 g/mol. The van der Waals surface area contributed by atoms with Crippen molar-refractivity contribution in [1.82, 2.24) is 9.80 Å². The fraction of sp³-hybridized carbons (Fsp3) is 0.273. The summed E-state index contributed by atoms with van der Waals surface area (Å²) in [6.07, 6.45) is 3.30. The largest absolute Gasteiger partial charge is 0.467 e. The zero-order valence-electron chi connectivity index (χ0n) is 22.7. The molecule has 3 aromatic carbocycles. The smallest absolute Gasteiger partial charge is 0.254 e. The minimum absolute atomic E-state index is 0.0790. The van der Waals surface area contributed by atoms with E-state index in [9.17, 15) is 9.59 Å². The van der Waals surface area contributed by atoms with Gasteiger partial charge in [0.05, 0.1) is 18.9 Å². The predicted octanol–water partition coefficient (Wildman–Crippen LogP) is 5.53. The van der Waals surface area contributed by atoms with Crippen LogP contribution in [0.2, 0.25) is 0 Å². The Bertz CT molecular complexity index is 1460. The van der Waals surface area contributed by atoms with E-state index >= 15 is 0 Å². The maximum absolute atomic E-state index is 13.9. The lowest BCUT2D eigenvalue weighted by molar-refractivity contribution is -0.133. The highest BCUT2D eigenvalue weighted by Crippen LogP contribution is 2.33. The lowest BCUT2D eigenvalue weighted by atomic mass is 10.0. The van der Waals surface area contributed by atoms with Crippen molar-refractivity contribution in [1.29, 1.82) is 0 Å². The summed E-state index contributed by atoms with van der Waals surface area (Å²) in [7, 11) is 0. The van der Waals surface area contributed by atoms with Crippen LogP contribution in [0.3, 0.4) is 0 Å². The Hall–Kier alpha value is -4.56. The van der Waals surface area contributed by atoms with E-state index in [4.69, 9.17) is 18.6 Å². The third-order valence-electron chi connectivity index (χ3n) is 7.39. The summed E-state index contributed by atoms with van der Waals surface area (Å²) in [4.78, 5) is 31.0. The van der Waals surface area contributed by atoms with E-state index in [1.807, 2.05) is 78.9 Å². The number of nitrogens with zero attached hydrogens (tertiary/aromatic N) is 2. The first-order chi connectivity index (χ1) is 20.1. The Balaban J connectivity index is 1.22. The first-order valence-electron chi connectivity index (χ1n) is 13.9. The van der Waals surface area contributed by atoms with Crippen LogP contribution in [0.4, 0.5) is 0 Å². The number of hydrogen-bond acceptors (Lipinski definition) is 6. The van der Waals surface area contributed by atoms with Gasteiger partial charge in [0.1, 0.15) is 12.3 Å². The lowest BCUT2D eigenvalue weighted by Crippen LogP contribution is -2.45. The topological polar surface area (TPSA) is 81.5 Å². The maximum atomic E-state index is 13.9. The predicted molar refractivity (Wildman–Crippen MR) is 152 cm³/mol. The molecular weight excluding hydrogens is 520 g/mol. The molecule has 210 valence electrons. The van der Waals surface area contributed by atoms with Gasteiger partial charge in [-0.1, -0.05) is 48.5 Å². The van der Waals surface area contributed by atoms with Gasteiger partial charge in [0.2, 0.25) is 12.7 Å². The van der Waals surface area contributed by atoms with Gasteiger partial charge in [0.25, 0.3) is 5.91 Å². The lowest BCUT2D eigenvalue weighted by Gasteiger charge is -2.29. The van der Waals surface area contributed by atoms with Gasteiger partial charge in [-0.05, 0) is 65.9 Å². The number of amides is 2. The summed E-state index contributed by atoms with van der Waals surface area (Å²) in [6, 6.07) is 26.8. The zero-order chi connectivity index (χ0) is 28.0. The van der Waals surface area contributed by atoms with E-state index in [2.05, 4.69) is 0 Å². The molecule has 8 heteroatoms. The van der Waals surface area contributed by atoms with Crippen LogP contribution in [0, 0.1) is 0 Å². The van der Waals surface area contributed by atoms with E-state index in [0.29, 0.717) is 42.5 Å². The summed E-state index contributed by atoms with van der Waals surface area (Å²) in [5, 5.41) is 0. The number of rotatable bonds is 10. The summed E-state index contributed by atoms with van der Waals surface area (Å²) >= 11 is 0. The Morgan fingerprint density at radius 1 is 0.805 bits per heavy atom. The maximum Gasteiger partial charge on any atom is 0.254 e. The molecule has 0 aliphatic carbocycles. The number of carbonyl (C=O) groups is 2. The van der Waals surface area contributed by atoms with Crippen molar-refractivity contribution in [3.05, 3.63) is 108 Å². The number of fused-ring (bicyclic) bond motifs is 1. The highest BCUT2D eigenvalue weighted by atomic mass is 16.7. The van der Waals surface area contributed by atoms with Crippen LogP contribution in [0.25, 0.3) is 11.1 Å². The first kappa shape index (κ1) is 26.7. The molecule has 2 aliphatic heterocycles. The normalized spacial score (nSPS) is 15.6. The molecule has 1 saturated heterocycles. The van der Waals surface area contributed by atoms with Gasteiger partial charge in [-0.15, -0.1) is 0 Å². The number of benzene rings is 3. The molecule has 0 bridgehead atoms. The minimum Gasteiger partial charge on any atom is -0.467 e. The van der Waals surface area contributed by atoms with Gasteiger partial charge in [0.15, 0.2) is 11.5 Å². The van der Waals surface area contributed by atoms with Gasteiger partial charge >= 0.3 is 0 Å². The molecule has 0 saturated carbocycles. The second kappa shape index (κ2) is 12.3. The summed E-state index contributed by atoms with van der Waals surface area (Å²) in [6.45, 7) is 1.72. The fourth-order valence-electron chi connectivity index (χ4n) is 5.22. The second-order valence-electron chi connectivity index (χ2n) is 10.3. The molecule has 1 aromatic heterocycles. The standard InChI is InChI=1S/C33H32N2O6/c36-32(34(20-28-8-4-16-38-28)19-24-10-15-30-31(18-24)41-23-40-30)22-35(21-29-9-5-17-39-29)33(37)27-13-11-26(12-14-27)25-6-2-1-3-7-25/h1-4,6-8,10-16,18,29H,5,9,17,19-23H2. The molecule has 3 heterocycles. The van der Waals surface area contributed by atoms with Gasteiger partial charge in [0, 0.05) is 25.3 Å². The molecule has 1 unspecified atom stereocenters. The molecule has 8 nitrogen and oxygen atoms in total. The number of ether oxygens (including phenoxy) is 3. The van der Waals surface area contributed by atoms with Crippen molar-refractivity contribution in [3.8, 4) is 22.6 Å². The van der Waals surface area contributed by atoms with Crippen LogP contribution >= 0.6 is 0 Å². The van der Waals surface area contributed by atoms with Gasteiger partial charge in [-0.25, -0.2) is 0 Å². The van der Waals surface area contributed by atoms with E-state index in [0.717, 1.165) is 29.5 Å². The van der Waals surface area contributed by atoms with E-state index < -0.39 is 0 Å². The van der Waals surface area contributed by atoms with Crippen LogP contribution < -0.4 is 9.47 Å². The van der Waals surface area contributed by atoms with Gasteiger partial charge in [-0.3, -0.25) is 9.59 Å². The third kappa shape index (κ3) is 6.44. The van der Waals surface area contributed by atoms with Crippen molar-refractivity contribution in [2.24, 2.45) is 0 Å². The van der Waals surface area contributed by atoms with Gasteiger partial charge < -0.3 is 28.4 Å². The Kier molecular flexibility index (Phi) is 8.00. The van der Waals surface area contributed by atoms with Crippen molar-refractivity contribution < 1.29 is 28.2 Å². The van der Waals surface area contributed by atoms with Crippen LogP contribution in [0.5, 0.6) is 11.5 Å². The van der Waals surface area contributed by atoms with Crippen LogP contribution in [-0.2, 0) is 22.6 Å². The van der Waals surface area contributed by atoms with Crippen LogP contribution in [0.15, 0.2) is 95.6 Å². The Morgan fingerprint density at radius 3 is 2.37 bits per heavy atom. The van der Waals surface area contributed by atoms with Crippen molar-refractivity contribution in [3.63, 3.8) is 0 Å². The van der Waals surface area contributed by atoms with Crippen LogP contribution in [-0.4, -0.2) is 54.2 Å². The molecule has 0 radical (unpaired) electrons. The summed E-state index contributed by atoms with van der Waals surface area (Å²) in [5.74, 6) is 1.61. The molecule has 4 aromatic rings. The summed E-state index contributed by atoms with van der Waals surface area (Å²) in [5.41, 5.74) is 3.53. The number of hydrogen-bond donors (Lipinski definition) is 0. The van der Waals surface area contributed by atoms with E-state index in [-0.39, 0.29) is 37.8 Å². The zero-order valence-corrected chi connectivity index (χ0v) is 22.7. The first-order valence-corrected chi connectivity index (χ1v) is 13.9. The SMILES string of the molecule is O=C(CN(CC1CCCO1)C(=O)c1ccc(-c2ccccc2)cc1)N(Cc1ccc2c(c1)OCO2)Cc1ccco1. The highest BCUT2D eigenvalue weighted by molar-refractivity contribution is 5.97. The number of furan rings is 1. The molecule has 0 spiro atoms. The quantitative estimate of drug-likeness (QED) is 0.258. The molecule has 6 rings (SSSR count). The molecule has 1 atom stereocenters. The van der Waals surface area contributed by atoms with E-state index in [1.165, 1.54) is 0 Å². The molecule has 2 aliphatic rings. The Morgan fingerprint density at radius 2 is 1.61 bits per heavy atom. The summed E-state index contributed by atoms with van der Waals surface area (Å²) < 4.78 is 22.4. The van der Waals surface area contributed by atoms with E-state index in [1.54, 1.807) is 22.1 Å². The van der Waals surface area contributed by atoms with Crippen molar-refractivity contribution >= 4 is 11.8 Å². The minimum atomic E-state index is -0.200. The van der Waals surface area contributed by atoms with Crippen molar-refractivity contribution in [2.45, 2.75) is 32.0 Å². The molecular formula is C33H32N2O6. The highest BCUT2D eigenvalue weighted by Gasteiger charge is 2.28. The van der Waals surface area contributed by atoms with Crippen molar-refractivity contribution in [2.75, 3.05) is 26.5 Å².